The quantitative estimate of drug-likeness (QED) is 0.692. The Hall–Kier alpha value is -1.33. The number of hydrogen-bond acceptors (Lipinski definition) is 8. The van der Waals surface area contributed by atoms with Crippen LogP contribution in [0.1, 0.15) is 5.76 Å². The van der Waals surface area contributed by atoms with Gasteiger partial charge in [-0.3, -0.25) is 4.79 Å². The highest BCUT2D eigenvalue weighted by Gasteiger charge is 2.25. The third-order valence-corrected chi connectivity index (χ3v) is 3.82. The Bertz CT molecular complexity index is 689. The summed E-state index contributed by atoms with van der Waals surface area (Å²) in [5.41, 5.74) is 0. The van der Waals surface area contributed by atoms with Crippen molar-refractivity contribution in [1.82, 2.24) is 5.16 Å². The van der Waals surface area contributed by atoms with Gasteiger partial charge in [0.05, 0.1) is 6.26 Å². The molecule has 0 radical (unpaired) electrons. The molecule has 108 valence electrons. The number of sulfone groups is 1. The maximum absolute atomic E-state index is 11.4. The summed E-state index contributed by atoms with van der Waals surface area (Å²) < 4.78 is 53.3. The first-order valence-corrected chi connectivity index (χ1v) is 8.47. The van der Waals surface area contributed by atoms with E-state index in [2.05, 4.69) is 13.9 Å². The molecule has 0 aliphatic rings. The smallest absolute Gasteiger partial charge is 0.318 e. The van der Waals surface area contributed by atoms with E-state index in [1.165, 1.54) is 0 Å². The molecule has 1 rings (SSSR count). The van der Waals surface area contributed by atoms with Crippen molar-refractivity contribution in [2.75, 3.05) is 12.0 Å². The van der Waals surface area contributed by atoms with E-state index in [0.29, 0.717) is 0 Å². The molecule has 0 aliphatic heterocycles. The van der Waals surface area contributed by atoms with Crippen LogP contribution < -0.4 is 4.18 Å². The van der Waals surface area contributed by atoms with E-state index in [-0.39, 0.29) is 0 Å². The number of rotatable bonds is 6. The Morgan fingerprint density at radius 2 is 2.00 bits per heavy atom. The van der Waals surface area contributed by atoms with Gasteiger partial charge in [0.15, 0.2) is 15.6 Å². The minimum Gasteiger partial charge on any atom is -0.480 e. The molecule has 0 bridgehead atoms. The molecule has 1 aromatic rings. The second-order valence-electron chi connectivity index (χ2n) is 3.44. The Kier molecular flexibility index (Phi) is 4.43. The van der Waals surface area contributed by atoms with Gasteiger partial charge >= 0.3 is 16.1 Å². The van der Waals surface area contributed by atoms with Crippen LogP contribution in [0.3, 0.4) is 0 Å². The van der Waals surface area contributed by atoms with Gasteiger partial charge in [-0.05, 0) is 5.16 Å². The Morgan fingerprint density at radius 3 is 2.47 bits per heavy atom. The summed E-state index contributed by atoms with van der Waals surface area (Å²) in [5, 5.41) is 11.1. The first kappa shape index (κ1) is 15.7. The van der Waals surface area contributed by atoms with E-state index in [9.17, 15) is 21.6 Å². The molecule has 0 saturated heterocycles. The van der Waals surface area contributed by atoms with E-state index >= 15 is 0 Å². The van der Waals surface area contributed by atoms with E-state index < -0.39 is 54.1 Å². The highest BCUT2D eigenvalue weighted by molar-refractivity contribution is 7.91. The lowest BCUT2D eigenvalue weighted by Gasteiger charge is -1.98. The molecule has 19 heavy (non-hydrogen) atoms. The molecule has 12 heteroatoms. The van der Waals surface area contributed by atoms with E-state index in [4.69, 9.17) is 16.7 Å². The highest BCUT2D eigenvalue weighted by atomic mass is 35.5. The standard InChI is InChI=1S/C7H8ClNO8S2/c1-18(12,13)17-7-6(8)4(16-9-7)2-19(14,15)3-5(10)11/h2-3H2,1H3,(H,10,11). The van der Waals surface area contributed by atoms with E-state index in [1.807, 2.05) is 0 Å². The molecular formula is C7H8ClNO8S2. The minimum atomic E-state index is -4.01. The molecule has 0 fully saturated rings. The summed E-state index contributed by atoms with van der Waals surface area (Å²) in [6, 6.07) is 0. The maximum Gasteiger partial charge on any atom is 0.318 e. The van der Waals surface area contributed by atoms with Gasteiger partial charge in [0.25, 0.3) is 5.88 Å². The lowest BCUT2D eigenvalue weighted by atomic mass is 10.5. The third-order valence-electron chi connectivity index (χ3n) is 1.60. The summed E-state index contributed by atoms with van der Waals surface area (Å²) in [4.78, 5) is 10.3. The van der Waals surface area contributed by atoms with Crippen LogP contribution in [-0.4, -0.2) is 45.1 Å². The molecule has 9 nitrogen and oxygen atoms in total. The predicted octanol–water partition coefficient (Wildman–Crippen LogP) is -0.334. The molecule has 0 amide bonds. The fourth-order valence-electron chi connectivity index (χ4n) is 1.02. The number of carboxylic acid groups (broad SMARTS) is 1. The number of carbonyl (C=O) groups is 1. The highest BCUT2D eigenvalue weighted by Crippen LogP contribution is 2.29. The summed E-state index contributed by atoms with van der Waals surface area (Å²) in [6.07, 6.45) is 0.735. The van der Waals surface area contributed by atoms with E-state index in [1.54, 1.807) is 0 Å². The molecule has 0 atom stereocenters. The van der Waals surface area contributed by atoms with Gasteiger partial charge in [-0.15, -0.1) is 0 Å². The number of carboxylic acids is 1. The van der Waals surface area contributed by atoms with E-state index in [0.717, 1.165) is 6.26 Å². The number of aromatic nitrogens is 1. The van der Waals surface area contributed by atoms with Gasteiger partial charge in [0.2, 0.25) is 0 Å². The van der Waals surface area contributed by atoms with Gasteiger partial charge in [-0.2, -0.15) is 8.42 Å². The van der Waals surface area contributed by atoms with Gasteiger partial charge in [0, 0.05) is 0 Å². The second kappa shape index (κ2) is 5.35. The maximum atomic E-state index is 11.4. The van der Waals surface area contributed by atoms with Crippen LogP contribution in [0.25, 0.3) is 0 Å². The molecule has 0 unspecified atom stereocenters. The van der Waals surface area contributed by atoms with Gasteiger partial charge < -0.3 is 13.8 Å². The van der Waals surface area contributed by atoms with Crippen LogP contribution in [0.15, 0.2) is 4.52 Å². The zero-order valence-electron chi connectivity index (χ0n) is 9.36. The van der Waals surface area contributed by atoms with Gasteiger partial charge in [-0.25, -0.2) is 8.42 Å². The number of hydrogen-bond donors (Lipinski definition) is 1. The van der Waals surface area contributed by atoms with Gasteiger partial charge in [-0.1, -0.05) is 11.6 Å². The summed E-state index contributed by atoms with van der Waals surface area (Å²) in [7, 11) is -7.91. The van der Waals surface area contributed by atoms with Crippen LogP contribution in [0.5, 0.6) is 5.88 Å². The molecule has 0 saturated carbocycles. The summed E-state index contributed by atoms with van der Waals surface area (Å²) in [6.45, 7) is 0. The Labute approximate surface area is 113 Å². The Morgan fingerprint density at radius 1 is 1.42 bits per heavy atom. The van der Waals surface area contributed by atoms with Crippen molar-refractivity contribution < 1.29 is 35.4 Å². The van der Waals surface area contributed by atoms with Crippen LogP contribution in [0, 0.1) is 0 Å². The number of nitrogens with zero attached hydrogens (tertiary/aromatic N) is 1. The van der Waals surface area contributed by atoms with Crippen molar-refractivity contribution in [3.63, 3.8) is 0 Å². The fraction of sp³-hybridized carbons (Fsp3) is 0.429. The topological polar surface area (TPSA) is 141 Å². The van der Waals surface area contributed by atoms with Crippen LogP contribution in [0.4, 0.5) is 0 Å². The molecule has 0 spiro atoms. The summed E-state index contributed by atoms with van der Waals surface area (Å²) in [5.74, 6) is -4.50. The lowest BCUT2D eigenvalue weighted by molar-refractivity contribution is -0.134. The SMILES string of the molecule is CS(=O)(=O)Oc1noc(CS(=O)(=O)CC(=O)O)c1Cl. The van der Waals surface area contributed by atoms with Crippen molar-refractivity contribution in [2.24, 2.45) is 0 Å². The fourth-order valence-corrected chi connectivity index (χ4v) is 2.79. The zero-order valence-corrected chi connectivity index (χ0v) is 11.7. The minimum absolute atomic E-state index is 0.401. The first-order chi connectivity index (χ1) is 8.50. The molecule has 1 N–H and O–H groups in total. The number of aliphatic carboxylic acids is 1. The summed E-state index contributed by atoms with van der Waals surface area (Å²) >= 11 is 5.62. The van der Waals surface area contributed by atoms with Crippen molar-refractivity contribution in [3.8, 4) is 5.88 Å². The van der Waals surface area contributed by atoms with Gasteiger partial charge in [0.1, 0.15) is 16.5 Å². The van der Waals surface area contributed by atoms with Crippen LogP contribution in [0.2, 0.25) is 5.02 Å². The van der Waals surface area contributed by atoms with Crippen molar-refractivity contribution >= 4 is 37.5 Å². The first-order valence-electron chi connectivity index (χ1n) is 4.46. The van der Waals surface area contributed by atoms with Crippen LogP contribution >= 0.6 is 11.6 Å². The monoisotopic (exact) mass is 333 g/mol. The zero-order chi connectivity index (χ0) is 14.8. The number of halogens is 1. The average molecular weight is 334 g/mol. The molecule has 0 aliphatic carbocycles. The average Bonchev–Trinajstić information content (AvgIpc) is 2.44. The van der Waals surface area contributed by atoms with Crippen LogP contribution in [-0.2, 0) is 30.5 Å². The Balaban J connectivity index is 2.96. The third kappa shape index (κ3) is 5.04. The van der Waals surface area contributed by atoms with Crippen molar-refractivity contribution in [3.05, 3.63) is 10.8 Å². The predicted molar refractivity (Wildman–Crippen MR) is 62.1 cm³/mol. The molecule has 1 aromatic heterocycles. The molecular weight excluding hydrogens is 326 g/mol. The normalized spacial score (nSPS) is 12.3. The second-order valence-corrected chi connectivity index (χ2v) is 7.46. The molecule has 1 heterocycles. The van der Waals surface area contributed by atoms with Crippen molar-refractivity contribution in [1.29, 1.82) is 0 Å². The molecule has 0 aromatic carbocycles. The van der Waals surface area contributed by atoms with Crippen molar-refractivity contribution in [2.45, 2.75) is 5.75 Å². The largest absolute Gasteiger partial charge is 0.480 e. The lowest BCUT2D eigenvalue weighted by Crippen LogP contribution is -2.16.